The Balaban J connectivity index is 2.12. The lowest BCUT2D eigenvalue weighted by atomic mass is 10.3. The fourth-order valence-corrected chi connectivity index (χ4v) is 1.60. The maximum absolute atomic E-state index is 12.6. The lowest BCUT2D eigenvalue weighted by molar-refractivity contribution is -0.144. The van der Waals surface area contributed by atoms with Crippen molar-refractivity contribution in [2.75, 3.05) is 5.32 Å². The van der Waals surface area contributed by atoms with E-state index in [4.69, 9.17) is 0 Å². The zero-order valence-electron chi connectivity index (χ0n) is 8.67. The van der Waals surface area contributed by atoms with Crippen LogP contribution in [0.5, 0.6) is 0 Å². The first-order valence-electron chi connectivity index (χ1n) is 5.23. The van der Waals surface area contributed by atoms with Gasteiger partial charge in [-0.25, -0.2) is 9.97 Å². The van der Waals surface area contributed by atoms with Crippen LogP contribution in [0.4, 0.5) is 19.0 Å². The van der Waals surface area contributed by atoms with Crippen molar-refractivity contribution >= 4 is 16.9 Å². The molecule has 2 heterocycles. The minimum absolute atomic E-state index is 0.204. The highest BCUT2D eigenvalue weighted by Gasteiger charge is 2.36. The van der Waals surface area contributed by atoms with Crippen molar-refractivity contribution in [2.24, 2.45) is 0 Å². The number of rotatable bonds is 2. The monoisotopic (exact) mass is 242 g/mol. The number of aromatic amines is 1. The number of nitrogens with zero attached hydrogens (tertiary/aromatic N) is 2. The van der Waals surface area contributed by atoms with Gasteiger partial charge in [0.05, 0.1) is 5.39 Å². The number of nitrogens with one attached hydrogen (secondary N) is 2. The van der Waals surface area contributed by atoms with Gasteiger partial charge in [-0.1, -0.05) is 0 Å². The van der Waals surface area contributed by atoms with Crippen LogP contribution >= 0.6 is 0 Å². The Morgan fingerprint density at radius 2 is 2.06 bits per heavy atom. The molecule has 0 amide bonds. The van der Waals surface area contributed by atoms with Crippen molar-refractivity contribution in [2.45, 2.75) is 25.1 Å². The van der Waals surface area contributed by atoms with Gasteiger partial charge < -0.3 is 10.3 Å². The average molecular weight is 242 g/mol. The molecular formula is C10H9F3N4. The molecule has 0 unspecified atom stereocenters. The van der Waals surface area contributed by atoms with Crippen molar-refractivity contribution in [1.82, 2.24) is 15.0 Å². The molecule has 7 heteroatoms. The predicted octanol–water partition coefficient (Wildman–Crippen LogP) is 2.55. The third-order valence-electron chi connectivity index (χ3n) is 2.59. The van der Waals surface area contributed by atoms with Crippen LogP contribution in [0.1, 0.15) is 18.7 Å². The van der Waals surface area contributed by atoms with Crippen LogP contribution in [0, 0.1) is 0 Å². The van der Waals surface area contributed by atoms with Gasteiger partial charge in [-0.05, 0) is 18.9 Å². The van der Waals surface area contributed by atoms with Crippen molar-refractivity contribution < 1.29 is 13.2 Å². The highest BCUT2D eigenvalue weighted by molar-refractivity contribution is 5.87. The molecule has 2 aromatic heterocycles. The van der Waals surface area contributed by atoms with Gasteiger partial charge in [-0.15, -0.1) is 0 Å². The Hall–Kier alpha value is -1.79. The summed E-state index contributed by atoms with van der Waals surface area (Å²) in [6.07, 6.45) is -1.04. The quantitative estimate of drug-likeness (QED) is 0.850. The van der Waals surface area contributed by atoms with Crippen molar-refractivity contribution in [3.8, 4) is 0 Å². The zero-order chi connectivity index (χ0) is 12.0. The summed E-state index contributed by atoms with van der Waals surface area (Å²) in [5.74, 6) is -0.860. The molecule has 1 saturated carbocycles. The molecule has 0 bridgehead atoms. The molecule has 0 aromatic carbocycles. The Morgan fingerprint density at radius 1 is 1.29 bits per heavy atom. The molecule has 90 valence electrons. The highest BCUT2D eigenvalue weighted by atomic mass is 19.4. The van der Waals surface area contributed by atoms with Crippen LogP contribution in [0.25, 0.3) is 11.0 Å². The maximum atomic E-state index is 12.6. The van der Waals surface area contributed by atoms with Crippen molar-refractivity contribution in [1.29, 1.82) is 0 Å². The van der Waals surface area contributed by atoms with Crippen LogP contribution < -0.4 is 5.32 Å². The van der Waals surface area contributed by atoms with Crippen LogP contribution in [0.15, 0.2) is 12.3 Å². The van der Waals surface area contributed by atoms with Crippen LogP contribution in [0.2, 0.25) is 0 Å². The van der Waals surface area contributed by atoms with E-state index in [-0.39, 0.29) is 17.5 Å². The van der Waals surface area contributed by atoms with Gasteiger partial charge in [0.15, 0.2) is 0 Å². The highest BCUT2D eigenvalue weighted by Crippen LogP contribution is 2.32. The third-order valence-corrected chi connectivity index (χ3v) is 2.59. The molecule has 1 fully saturated rings. The topological polar surface area (TPSA) is 53.6 Å². The predicted molar refractivity (Wildman–Crippen MR) is 55.5 cm³/mol. The summed E-state index contributed by atoms with van der Waals surface area (Å²) in [6.45, 7) is 0. The summed E-state index contributed by atoms with van der Waals surface area (Å²) >= 11 is 0. The number of halogens is 3. The zero-order valence-corrected chi connectivity index (χ0v) is 8.67. The number of fused-ring (bicyclic) bond motifs is 1. The first-order valence-corrected chi connectivity index (χ1v) is 5.23. The van der Waals surface area contributed by atoms with E-state index < -0.39 is 12.0 Å². The minimum Gasteiger partial charge on any atom is -0.367 e. The summed E-state index contributed by atoms with van der Waals surface area (Å²) in [4.78, 5) is 9.70. The van der Waals surface area contributed by atoms with E-state index >= 15 is 0 Å². The summed E-state index contributed by atoms with van der Waals surface area (Å²) in [5, 5.41) is 3.57. The van der Waals surface area contributed by atoms with Gasteiger partial charge in [0.25, 0.3) is 0 Å². The van der Waals surface area contributed by atoms with E-state index in [1.165, 1.54) is 0 Å². The standard InChI is InChI=1S/C10H9F3N4/c11-10(12,13)9-16-7-6(3-4-14-7)8(17-9)15-5-1-2-5/h3-5H,1-2H2,(H2,14,15,16,17). The fraction of sp³-hybridized carbons (Fsp3) is 0.400. The average Bonchev–Trinajstić information content (AvgIpc) is 2.92. The van der Waals surface area contributed by atoms with E-state index in [2.05, 4.69) is 20.3 Å². The Morgan fingerprint density at radius 3 is 2.71 bits per heavy atom. The first kappa shape index (κ1) is 10.4. The molecule has 0 radical (unpaired) electrons. The number of hydrogen-bond acceptors (Lipinski definition) is 3. The normalized spacial score (nSPS) is 16.4. The molecule has 4 nitrogen and oxygen atoms in total. The van der Waals surface area contributed by atoms with Gasteiger partial charge in [0.2, 0.25) is 5.82 Å². The van der Waals surface area contributed by atoms with Gasteiger partial charge >= 0.3 is 6.18 Å². The summed E-state index contributed by atoms with van der Waals surface area (Å²) in [7, 11) is 0. The molecule has 2 aromatic rings. The lowest BCUT2D eigenvalue weighted by Gasteiger charge is -2.09. The van der Waals surface area contributed by atoms with Crippen LogP contribution in [-0.4, -0.2) is 21.0 Å². The second kappa shape index (κ2) is 3.35. The summed E-state index contributed by atoms with van der Waals surface area (Å²) in [5.41, 5.74) is 0.204. The van der Waals surface area contributed by atoms with E-state index in [1.54, 1.807) is 12.3 Å². The van der Waals surface area contributed by atoms with Crippen molar-refractivity contribution in [3.05, 3.63) is 18.1 Å². The van der Waals surface area contributed by atoms with Gasteiger partial charge in [-0.2, -0.15) is 13.2 Å². The Labute approximate surface area is 94.3 Å². The number of alkyl halides is 3. The molecule has 0 aliphatic heterocycles. The second-order valence-electron chi connectivity index (χ2n) is 4.05. The molecule has 3 rings (SSSR count). The Bertz CT molecular complexity index is 556. The largest absolute Gasteiger partial charge is 0.451 e. The molecular weight excluding hydrogens is 233 g/mol. The SMILES string of the molecule is FC(F)(F)c1nc(NC2CC2)c2cc[nH]c2n1. The molecule has 1 aliphatic carbocycles. The first-order chi connectivity index (χ1) is 8.04. The molecule has 2 N–H and O–H groups in total. The van der Waals surface area contributed by atoms with E-state index in [0.717, 1.165) is 12.8 Å². The van der Waals surface area contributed by atoms with Gasteiger partial charge in [0.1, 0.15) is 11.5 Å². The summed E-state index contributed by atoms with van der Waals surface area (Å²) in [6, 6.07) is 1.91. The number of anilines is 1. The van der Waals surface area contributed by atoms with E-state index in [1.807, 2.05) is 0 Å². The fourth-order valence-electron chi connectivity index (χ4n) is 1.60. The lowest BCUT2D eigenvalue weighted by Crippen LogP contribution is -2.14. The molecule has 0 atom stereocenters. The third kappa shape index (κ3) is 1.92. The maximum Gasteiger partial charge on any atom is 0.451 e. The number of aromatic nitrogens is 3. The van der Waals surface area contributed by atoms with Crippen LogP contribution in [0.3, 0.4) is 0 Å². The Kier molecular flexibility index (Phi) is 2.04. The number of H-pyrrole nitrogens is 1. The van der Waals surface area contributed by atoms with E-state index in [9.17, 15) is 13.2 Å². The minimum atomic E-state index is -4.53. The molecule has 1 aliphatic rings. The smallest absolute Gasteiger partial charge is 0.367 e. The van der Waals surface area contributed by atoms with Gasteiger partial charge in [-0.3, -0.25) is 0 Å². The second-order valence-corrected chi connectivity index (χ2v) is 4.05. The molecule has 0 saturated heterocycles. The van der Waals surface area contributed by atoms with Crippen LogP contribution in [-0.2, 0) is 6.18 Å². The molecule has 17 heavy (non-hydrogen) atoms. The van der Waals surface area contributed by atoms with Crippen molar-refractivity contribution in [3.63, 3.8) is 0 Å². The summed E-state index contributed by atoms with van der Waals surface area (Å²) < 4.78 is 37.8. The van der Waals surface area contributed by atoms with E-state index in [0.29, 0.717) is 5.39 Å². The number of hydrogen-bond donors (Lipinski definition) is 2. The van der Waals surface area contributed by atoms with Gasteiger partial charge in [0, 0.05) is 12.2 Å². The molecule has 0 spiro atoms.